The van der Waals surface area contributed by atoms with Gasteiger partial charge < -0.3 is 5.11 Å². The van der Waals surface area contributed by atoms with E-state index in [-0.39, 0.29) is 17.7 Å². The van der Waals surface area contributed by atoms with Gasteiger partial charge in [-0.25, -0.2) is 13.1 Å². The van der Waals surface area contributed by atoms with Gasteiger partial charge >= 0.3 is 5.97 Å². The molecule has 0 aliphatic rings. The molecule has 122 valence electrons. The Labute approximate surface area is 130 Å². The molecule has 0 spiro atoms. The molecule has 1 aromatic carbocycles. The minimum Gasteiger partial charge on any atom is -0.481 e. The van der Waals surface area contributed by atoms with E-state index in [4.69, 9.17) is 5.11 Å². The average Bonchev–Trinajstić information content (AvgIpc) is 2.37. The highest BCUT2D eigenvalue weighted by molar-refractivity contribution is 7.90. The summed E-state index contributed by atoms with van der Waals surface area (Å²) < 4.78 is 26.4. The van der Waals surface area contributed by atoms with Crippen LogP contribution in [-0.2, 0) is 19.6 Å². The first-order chi connectivity index (χ1) is 10.0. The third-order valence-corrected chi connectivity index (χ3v) is 4.71. The number of benzene rings is 1. The van der Waals surface area contributed by atoms with Crippen LogP contribution < -0.4 is 4.72 Å². The maximum absolute atomic E-state index is 12.2. The highest BCUT2D eigenvalue weighted by atomic mass is 32.2. The fraction of sp³-hybridized carbons (Fsp3) is 0.467. The molecule has 0 unspecified atom stereocenters. The smallest absolute Gasteiger partial charge is 0.303 e. The fourth-order valence-electron chi connectivity index (χ4n) is 1.83. The van der Waals surface area contributed by atoms with Gasteiger partial charge in [0.1, 0.15) is 0 Å². The zero-order valence-corrected chi connectivity index (χ0v) is 13.7. The zero-order chi connectivity index (χ0) is 17.0. The van der Waals surface area contributed by atoms with Crippen molar-refractivity contribution in [3.63, 3.8) is 0 Å². The molecule has 0 aliphatic carbocycles. The summed E-state index contributed by atoms with van der Waals surface area (Å²) in [6, 6.07) is 6.17. The van der Waals surface area contributed by atoms with Crippen molar-refractivity contribution in [2.24, 2.45) is 5.41 Å². The second-order valence-electron chi connectivity index (χ2n) is 5.88. The second kappa shape index (κ2) is 6.91. The first-order valence-electron chi connectivity index (χ1n) is 6.90. The quantitative estimate of drug-likeness (QED) is 0.798. The van der Waals surface area contributed by atoms with Gasteiger partial charge in [-0.1, -0.05) is 31.5 Å². The highest BCUT2D eigenvalue weighted by Gasteiger charge is 2.31. The number of hydrogen-bond donors (Lipinski definition) is 2. The van der Waals surface area contributed by atoms with Crippen molar-refractivity contribution in [3.05, 3.63) is 29.8 Å². The molecule has 22 heavy (non-hydrogen) atoms. The van der Waals surface area contributed by atoms with Gasteiger partial charge in [0.05, 0.1) is 4.90 Å². The number of hydrogen-bond acceptors (Lipinski definition) is 4. The molecule has 0 radical (unpaired) electrons. The van der Waals surface area contributed by atoms with Gasteiger partial charge in [-0.15, -0.1) is 0 Å². The maximum Gasteiger partial charge on any atom is 0.303 e. The lowest BCUT2D eigenvalue weighted by Crippen LogP contribution is -2.40. The van der Waals surface area contributed by atoms with Crippen molar-refractivity contribution in [3.8, 4) is 0 Å². The summed E-state index contributed by atoms with van der Waals surface area (Å²) in [7, 11) is -3.92. The number of carboxylic acid groups (broad SMARTS) is 1. The number of aliphatic carboxylic acids is 1. The van der Waals surface area contributed by atoms with Gasteiger partial charge in [-0.3, -0.25) is 9.59 Å². The van der Waals surface area contributed by atoms with Crippen LogP contribution in [-0.4, -0.2) is 25.4 Å². The lowest BCUT2D eigenvalue weighted by Gasteiger charge is -2.23. The molecule has 0 aliphatic heterocycles. The number of amides is 1. The number of sulfonamides is 1. The van der Waals surface area contributed by atoms with Gasteiger partial charge in [0, 0.05) is 11.8 Å². The van der Waals surface area contributed by atoms with Crippen molar-refractivity contribution < 1.29 is 23.1 Å². The number of carboxylic acids is 1. The van der Waals surface area contributed by atoms with E-state index in [1.165, 1.54) is 12.1 Å². The van der Waals surface area contributed by atoms with Crippen LogP contribution >= 0.6 is 0 Å². The van der Waals surface area contributed by atoms with E-state index in [9.17, 15) is 18.0 Å². The highest BCUT2D eigenvalue weighted by Crippen LogP contribution is 2.24. The van der Waals surface area contributed by atoms with Crippen molar-refractivity contribution >= 4 is 21.9 Å². The molecule has 0 saturated carbocycles. The summed E-state index contributed by atoms with van der Waals surface area (Å²) in [6.45, 7) is 5.02. The monoisotopic (exact) mass is 327 g/mol. The van der Waals surface area contributed by atoms with Gasteiger partial charge in [0.2, 0.25) is 5.91 Å². The third kappa shape index (κ3) is 5.14. The average molecular weight is 327 g/mol. The molecular weight excluding hydrogens is 306 g/mol. The van der Waals surface area contributed by atoms with E-state index < -0.39 is 27.3 Å². The SMILES string of the molecule is Cc1ccc(S(=O)(=O)NC(=O)C(C)(C)CCCC(=O)O)cc1. The van der Waals surface area contributed by atoms with Crippen LogP contribution in [0.1, 0.15) is 38.7 Å². The molecule has 0 fully saturated rings. The first kappa shape index (κ1) is 18.2. The van der Waals surface area contributed by atoms with Crippen LogP contribution in [0.3, 0.4) is 0 Å². The van der Waals surface area contributed by atoms with Crippen molar-refractivity contribution in [2.75, 3.05) is 0 Å². The van der Waals surface area contributed by atoms with E-state index in [0.717, 1.165) is 5.56 Å². The summed E-state index contributed by atoms with van der Waals surface area (Å²) in [5.41, 5.74) is -0.0491. The summed E-state index contributed by atoms with van der Waals surface area (Å²) in [4.78, 5) is 22.7. The molecule has 0 aromatic heterocycles. The Hall–Kier alpha value is -1.89. The number of carbonyl (C=O) groups is 2. The molecule has 0 heterocycles. The largest absolute Gasteiger partial charge is 0.481 e. The van der Waals surface area contributed by atoms with Crippen molar-refractivity contribution in [1.29, 1.82) is 0 Å². The van der Waals surface area contributed by atoms with Crippen LogP contribution in [0.15, 0.2) is 29.2 Å². The molecule has 1 aromatic rings. The van der Waals surface area contributed by atoms with Crippen molar-refractivity contribution in [2.45, 2.75) is 44.9 Å². The Kier molecular flexibility index (Phi) is 5.71. The normalized spacial score (nSPS) is 12.0. The Morgan fingerprint density at radius 2 is 1.73 bits per heavy atom. The number of nitrogens with one attached hydrogen (secondary N) is 1. The van der Waals surface area contributed by atoms with Gasteiger partial charge in [-0.05, 0) is 31.9 Å². The Balaban J connectivity index is 2.77. The van der Waals surface area contributed by atoms with Crippen LogP contribution in [0.25, 0.3) is 0 Å². The van der Waals surface area contributed by atoms with E-state index in [1.54, 1.807) is 26.0 Å². The van der Waals surface area contributed by atoms with E-state index in [2.05, 4.69) is 4.72 Å². The molecule has 1 rings (SSSR count). The van der Waals surface area contributed by atoms with Crippen LogP contribution in [0.5, 0.6) is 0 Å². The second-order valence-corrected chi connectivity index (χ2v) is 7.56. The molecule has 0 saturated heterocycles. The third-order valence-electron chi connectivity index (χ3n) is 3.37. The Morgan fingerprint density at radius 3 is 2.23 bits per heavy atom. The number of carbonyl (C=O) groups excluding carboxylic acids is 1. The lowest BCUT2D eigenvalue weighted by atomic mass is 9.86. The van der Waals surface area contributed by atoms with E-state index >= 15 is 0 Å². The molecule has 6 nitrogen and oxygen atoms in total. The zero-order valence-electron chi connectivity index (χ0n) is 12.9. The topological polar surface area (TPSA) is 101 Å². The maximum atomic E-state index is 12.2. The van der Waals surface area contributed by atoms with E-state index in [1.807, 2.05) is 6.92 Å². The molecule has 7 heteroatoms. The van der Waals surface area contributed by atoms with Gasteiger partial charge in [0.15, 0.2) is 0 Å². The summed E-state index contributed by atoms with van der Waals surface area (Å²) in [6.07, 6.45) is 0.538. The van der Waals surface area contributed by atoms with Crippen molar-refractivity contribution in [1.82, 2.24) is 4.72 Å². The minimum atomic E-state index is -3.92. The first-order valence-corrected chi connectivity index (χ1v) is 8.39. The number of aryl methyl sites for hydroxylation is 1. The molecule has 0 atom stereocenters. The molecule has 2 N–H and O–H groups in total. The van der Waals surface area contributed by atoms with E-state index in [0.29, 0.717) is 6.42 Å². The predicted octanol–water partition coefficient (Wildman–Crippen LogP) is 2.08. The predicted molar refractivity (Wildman–Crippen MR) is 81.8 cm³/mol. The summed E-state index contributed by atoms with van der Waals surface area (Å²) in [5.74, 6) is -1.58. The lowest BCUT2D eigenvalue weighted by molar-refractivity contribution is -0.137. The number of rotatable bonds is 7. The van der Waals surface area contributed by atoms with Gasteiger partial charge in [0.25, 0.3) is 10.0 Å². The standard InChI is InChI=1S/C15H21NO5S/c1-11-6-8-12(9-7-11)22(20,21)16-14(19)15(2,3)10-4-5-13(17)18/h6-9H,4-5,10H2,1-3H3,(H,16,19)(H,17,18). The fourth-order valence-corrected chi connectivity index (χ4v) is 2.96. The molecule has 1 amide bonds. The Morgan fingerprint density at radius 1 is 1.18 bits per heavy atom. The summed E-state index contributed by atoms with van der Waals surface area (Å²) >= 11 is 0. The summed E-state index contributed by atoms with van der Waals surface area (Å²) in [5, 5.41) is 8.61. The van der Waals surface area contributed by atoms with Crippen LogP contribution in [0, 0.1) is 12.3 Å². The van der Waals surface area contributed by atoms with Crippen LogP contribution in [0.4, 0.5) is 0 Å². The van der Waals surface area contributed by atoms with Gasteiger partial charge in [-0.2, -0.15) is 0 Å². The van der Waals surface area contributed by atoms with Crippen LogP contribution in [0.2, 0.25) is 0 Å². The minimum absolute atomic E-state index is 0.0211. The Bertz CT molecular complexity index is 647. The molecular formula is C15H21NO5S. The molecule has 0 bridgehead atoms.